The summed E-state index contributed by atoms with van der Waals surface area (Å²) in [6.07, 6.45) is 3.66. The molecule has 0 aliphatic carbocycles. The maximum Gasteiger partial charge on any atom is 0.257 e. The Kier molecular flexibility index (Phi) is 6.82. The highest BCUT2D eigenvalue weighted by Crippen LogP contribution is 2.34. The fourth-order valence-corrected chi connectivity index (χ4v) is 5.38. The number of rotatable bonds is 6. The second-order valence-corrected chi connectivity index (χ2v) is 9.18. The Bertz CT molecular complexity index is 1010. The third kappa shape index (κ3) is 4.37. The van der Waals surface area contributed by atoms with Crippen LogP contribution in [0.15, 0.2) is 35.4 Å². The van der Waals surface area contributed by atoms with Gasteiger partial charge in [0.2, 0.25) is 10.0 Å². The van der Waals surface area contributed by atoms with Crippen molar-refractivity contribution in [1.29, 1.82) is 0 Å². The Morgan fingerprint density at radius 2 is 1.87 bits per heavy atom. The summed E-state index contributed by atoms with van der Waals surface area (Å²) < 4.78 is 41.0. The highest BCUT2D eigenvalue weighted by Gasteiger charge is 2.36. The third-order valence-electron chi connectivity index (χ3n) is 5.45. The van der Waals surface area contributed by atoms with Crippen LogP contribution >= 0.6 is 0 Å². The Hall–Kier alpha value is -2.39. The number of nitrogens with zero attached hydrogens (tertiary/aromatic N) is 4. The van der Waals surface area contributed by atoms with Gasteiger partial charge in [-0.15, -0.1) is 0 Å². The molecule has 1 aromatic carbocycles. The largest absolute Gasteiger partial charge is 0.339 e. The SMILES string of the molecule is CCN(CC)C(=O)c1cnc([C@@H]2CCCCN2S(=O)(=O)c2ccc(F)cc2)nc1C. The average molecular weight is 435 g/mol. The van der Waals surface area contributed by atoms with E-state index in [0.717, 1.165) is 25.0 Å². The molecule has 1 atom stereocenters. The lowest BCUT2D eigenvalue weighted by Gasteiger charge is -2.33. The molecule has 0 unspecified atom stereocenters. The molecule has 1 aliphatic heterocycles. The number of carbonyl (C=O) groups is 1. The van der Waals surface area contributed by atoms with Gasteiger partial charge in [-0.2, -0.15) is 4.31 Å². The normalized spacial score (nSPS) is 17.7. The van der Waals surface area contributed by atoms with Crippen LogP contribution < -0.4 is 0 Å². The number of halogens is 1. The van der Waals surface area contributed by atoms with Gasteiger partial charge in [-0.3, -0.25) is 4.79 Å². The van der Waals surface area contributed by atoms with E-state index in [2.05, 4.69) is 9.97 Å². The number of aromatic nitrogens is 2. The molecule has 1 aliphatic rings. The lowest BCUT2D eigenvalue weighted by Crippen LogP contribution is -2.39. The molecule has 3 rings (SSSR count). The number of amides is 1. The average Bonchev–Trinajstić information content (AvgIpc) is 2.74. The Morgan fingerprint density at radius 3 is 2.47 bits per heavy atom. The lowest BCUT2D eigenvalue weighted by atomic mass is 10.0. The van der Waals surface area contributed by atoms with Crippen LogP contribution in [-0.4, -0.2) is 53.1 Å². The first kappa shape index (κ1) is 22.3. The van der Waals surface area contributed by atoms with E-state index < -0.39 is 21.9 Å². The van der Waals surface area contributed by atoms with Gasteiger partial charge >= 0.3 is 0 Å². The summed E-state index contributed by atoms with van der Waals surface area (Å²) in [5, 5.41) is 0. The number of piperidine rings is 1. The molecule has 9 heteroatoms. The van der Waals surface area contributed by atoms with E-state index in [9.17, 15) is 17.6 Å². The molecule has 2 heterocycles. The molecule has 7 nitrogen and oxygen atoms in total. The minimum atomic E-state index is -3.83. The molecule has 1 fully saturated rings. The van der Waals surface area contributed by atoms with Crippen LogP contribution in [0.5, 0.6) is 0 Å². The summed E-state index contributed by atoms with van der Waals surface area (Å²) in [6.45, 7) is 7.07. The van der Waals surface area contributed by atoms with Gasteiger partial charge < -0.3 is 4.90 Å². The predicted molar refractivity (Wildman–Crippen MR) is 111 cm³/mol. The van der Waals surface area contributed by atoms with Gasteiger partial charge in [-0.05, 0) is 57.9 Å². The first-order valence-corrected chi connectivity index (χ1v) is 11.6. The Labute approximate surface area is 177 Å². The fraction of sp³-hybridized carbons (Fsp3) is 0.476. The lowest BCUT2D eigenvalue weighted by molar-refractivity contribution is 0.0771. The molecule has 0 spiro atoms. The van der Waals surface area contributed by atoms with Crippen LogP contribution in [0.25, 0.3) is 0 Å². The standard InChI is InChI=1S/C21H27FN4O3S/c1-4-25(5-2)21(27)18-14-23-20(24-15(18)3)19-8-6-7-13-26(19)30(28,29)17-11-9-16(22)10-12-17/h9-12,14,19H,4-8,13H2,1-3H3/t19-/m0/s1. The minimum absolute atomic E-state index is 0.0425. The molecule has 1 amide bonds. The topological polar surface area (TPSA) is 83.5 Å². The number of benzene rings is 1. The number of hydrogen-bond donors (Lipinski definition) is 0. The van der Waals surface area contributed by atoms with Crippen LogP contribution in [0.1, 0.15) is 61.0 Å². The highest BCUT2D eigenvalue weighted by atomic mass is 32.2. The van der Waals surface area contributed by atoms with Gasteiger partial charge in [-0.1, -0.05) is 6.42 Å². The van der Waals surface area contributed by atoms with Gasteiger partial charge in [0.05, 0.1) is 22.2 Å². The van der Waals surface area contributed by atoms with Gasteiger partial charge in [0.25, 0.3) is 5.91 Å². The predicted octanol–water partition coefficient (Wildman–Crippen LogP) is 3.32. The van der Waals surface area contributed by atoms with Crippen molar-refractivity contribution in [2.24, 2.45) is 0 Å². The van der Waals surface area contributed by atoms with E-state index >= 15 is 0 Å². The molecular formula is C21H27FN4O3S. The monoisotopic (exact) mass is 434 g/mol. The van der Waals surface area contributed by atoms with Crippen molar-refractivity contribution in [2.45, 2.75) is 51.0 Å². The smallest absolute Gasteiger partial charge is 0.257 e. The molecule has 1 saturated heterocycles. The quantitative estimate of drug-likeness (QED) is 0.696. The maximum atomic E-state index is 13.3. The van der Waals surface area contributed by atoms with Crippen LogP contribution in [0.2, 0.25) is 0 Å². The van der Waals surface area contributed by atoms with Crippen molar-refractivity contribution in [3.05, 3.63) is 53.4 Å². The van der Waals surface area contributed by atoms with Crippen LogP contribution in [0.3, 0.4) is 0 Å². The van der Waals surface area contributed by atoms with Gasteiger partial charge in [-0.25, -0.2) is 22.8 Å². The Balaban J connectivity index is 1.94. The van der Waals surface area contributed by atoms with E-state index in [0.29, 0.717) is 43.1 Å². The zero-order valence-corrected chi connectivity index (χ0v) is 18.3. The summed E-state index contributed by atoms with van der Waals surface area (Å²) in [5.74, 6) is -0.242. The van der Waals surface area contributed by atoms with Gasteiger partial charge in [0.1, 0.15) is 11.6 Å². The number of sulfonamides is 1. The first-order chi connectivity index (χ1) is 14.3. The second kappa shape index (κ2) is 9.18. The van der Waals surface area contributed by atoms with Crippen LogP contribution in [-0.2, 0) is 10.0 Å². The van der Waals surface area contributed by atoms with Gasteiger partial charge in [0, 0.05) is 25.8 Å². The molecule has 162 valence electrons. The molecule has 30 heavy (non-hydrogen) atoms. The molecule has 0 bridgehead atoms. The van der Waals surface area contributed by atoms with Crippen molar-refractivity contribution in [1.82, 2.24) is 19.2 Å². The van der Waals surface area contributed by atoms with Crippen molar-refractivity contribution < 1.29 is 17.6 Å². The molecule has 1 aromatic heterocycles. The number of hydrogen-bond acceptors (Lipinski definition) is 5. The number of aryl methyl sites for hydroxylation is 1. The molecule has 2 aromatic rings. The summed E-state index contributed by atoms with van der Waals surface area (Å²) >= 11 is 0. The summed E-state index contributed by atoms with van der Waals surface area (Å²) in [7, 11) is -3.83. The fourth-order valence-electron chi connectivity index (χ4n) is 3.73. The van der Waals surface area contributed by atoms with Crippen molar-refractivity contribution in [2.75, 3.05) is 19.6 Å². The zero-order chi connectivity index (χ0) is 21.9. The van der Waals surface area contributed by atoms with E-state index in [1.807, 2.05) is 13.8 Å². The zero-order valence-electron chi connectivity index (χ0n) is 17.5. The van der Waals surface area contributed by atoms with Crippen molar-refractivity contribution >= 4 is 15.9 Å². The van der Waals surface area contributed by atoms with Crippen molar-refractivity contribution in [3.8, 4) is 0 Å². The summed E-state index contributed by atoms with van der Waals surface area (Å²) in [5.41, 5.74) is 0.952. The van der Waals surface area contributed by atoms with Crippen LogP contribution in [0, 0.1) is 12.7 Å². The minimum Gasteiger partial charge on any atom is -0.339 e. The van der Waals surface area contributed by atoms with E-state index in [4.69, 9.17) is 0 Å². The first-order valence-electron chi connectivity index (χ1n) is 10.2. The van der Waals surface area contributed by atoms with E-state index in [1.54, 1.807) is 11.8 Å². The van der Waals surface area contributed by atoms with E-state index in [1.165, 1.54) is 22.6 Å². The molecule has 0 radical (unpaired) electrons. The number of carbonyl (C=O) groups excluding carboxylic acids is 1. The molecule has 0 saturated carbocycles. The van der Waals surface area contributed by atoms with Crippen molar-refractivity contribution in [3.63, 3.8) is 0 Å². The third-order valence-corrected chi connectivity index (χ3v) is 7.37. The van der Waals surface area contributed by atoms with Gasteiger partial charge in [0.15, 0.2) is 0 Å². The molecule has 0 N–H and O–H groups in total. The summed E-state index contributed by atoms with van der Waals surface area (Å²) in [4.78, 5) is 23.3. The van der Waals surface area contributed by atoms with Crippen LogP contribution in [0.4, 0.5) is 4.39 Å². The second-order valence-electron chi connectivity index (χ2n) is 7.29. The van der Waals surface area contributed by atoms with E-state index in [-0.39, 0.29) is 10.8 Å². The highest BCUT2D eigenvalue weighted by molar-refractivity contribution is 7.89. The maximum absolute atomic E-state index is 13.3. The summed E-state index contributed by atoms with van der Waals surface area (Å²) in [6, 6.07) is 4.30. The molecular weight excluding hydrogens is 407 g/mol. The Morgan fingerprint density at radius 1 is 1.20 bits per heavy atom.